The zero-order valence-electron chi connectivity index (χ0n) is 11.2. The Balaban J connectivity index is 2.12. The smallest absolute Gasteiger partial charge is 0.152 e. The molecule has 0 aliphatic carbocycles. The number of nitrogens with two attached hydrogens (primary N) is 1. The molecule has 106 valence electrons. The molecule has 0 amide bonds. The molecule has 0 spiro atoms. The molecule has 5 heteroatoms. The van der Waals surface area contributed by atoms with Gasteiger partial charge in [0.15, 0.2) is 9.84 Å². The van der Waals surface area contributed by atoms with E-state index in [9.17, 15) is 8.42 Å². The molecule has 19 heavy (non-hydrogen) atoms. The van der Waals surface area contributed by atoms with Gasteiger partial charge in [-0.1, -0.05) is 25.1 Å². The van der Waals surface area contributed by atoms with Crippen molar-refractivity contribution < 1.29 is 13.2 Å². The number of sulfone groups is 1. The Hall–Kier alpha value is -1.07. The Kier molecular flexibility index (Phi) is 4.47. The second kappa shape index (κ2) is 5.92. The van der Waals surface area contributed by atoms with Gasteiger partial charge in [0, 0.05) is 12.0 Å². The molecule has 0 fully saturated rings. The van der Waals surface area contributed by atoms with Gasteiger partial charge in [0.1, 0.15) is 5.75 Å². The quantitative estimate of drug-likeness (QED) is 0.893. The van der Waals surface area contributed by atoms with Gasteiger partial charge in [-0.25, -0.2) is 8.42 Å². The summed E-state index contributed by atoms with van der Waals surface area (Å²) in [5.74, 6) is 1.08. The molecule has 1 aromatic rings. The number of rotatable bonds is 5. The summed E-state index contributed by atoms with van der Waals surface area (Å²) in [4.78, 5) is 0. The minimum absolute atomic E-state index is 0.0269. The highest BCUT2D eigenvalue weighted by atomic mass is 32.2. The van der Waals surface area contributed by atoms with Gasteiger partial charge < -0.3 is 10.5 Å². The van der Waals surface area contributed by atoms with Crippen molar-refractivity contribution in [1.82, 2.24) is 0 Å². The van der Waals surface area contributed by atoms with Gasteiger partial charge in [0.05, 0.1) is 18.1 Å². The zero-order valence-corrected chi connectivity index (χ0v) is 12.0. The first-order chi connectivity index (χ1) is 9.02. The molecule has 2 unspecified atom stereocenters. The summed E-state index contributed by atoms with van der Waals surface area (Å²) in [7, 11) is -3.12. The minimum atomic E-state index is -3.12. The van der Waals surface area contributed by atoms with Crippen molar-refractivity contribution in [1.29, 1.82) is 0 Å². The fourth-order valence-electron chi connectivity index (χ4n) is 2.41. The number of ether oxygens (including phenoxy) is 1. The normalized spacial score (nSPS) is 20.4. The van der Waals surface area contributed by atoms with Crippen LogP contribution >= 0.6 is 0 Å². The van der Waals surface area contributed by atoms with E-state index in [0.29, 0.717) is 13.0 Å². The molecule has 1 aliphatic heterocycles. The molecular formula is C14H21NO3S. The highest BCUT2D eigenvalue weighted by Crippen LogP contribution is 2.34. The summed E-state index contributed by atoms with van der Waals surface area (Å²) in [5, 5.41) is 0. The average Bonchev–Trinajstić information content (AvgIpc) is 2.38. The second-order valence-electron chi connectivity index (χ2n) is 5.12. The topological polar surface area (TPSA) is 69.4 Å². The van der Waals surface area contributed by atoms with E-state index in [2.05, 4.69) is 0 Å². The van der Waals surface area contributed by atoms with Crippen LogP contribution in [0.5, 0.6) is 5.75 Å². The number of para-hydroxylation sites is 1. The first-order valence-corrected chi connectivity index (χ1v) is 8.51. The number of hydrogen-bond acceptors (Lipinski definition) is 4. The van der Waals surface area contributed by atoms with Crippen LogP contribution in [0.3, 0.4) is 0 Å². The Morgan fingerprint density at radius 2 is 2.16 bits per heavy atom. The van der Waals surface area contributed by atoms with Crippen molar-refractivity contribution in [3.8, 4) is 5.75 Å². The van der Waals surface area contributed by atoms with Crippen LogP contribution < -0.4 is 10.5 Å². The summed E-state index contributed by atoms with van der Waals surface area (Å²) >= 11 is 0. The molecule has 0 aromatic heterocycles. The van der Waals surface area contributed by atoms with E-state index in [1.807, 2.05) is 31.2 Å². The van der Waals surface area contributed by atoms with E-state index < -0.39 is 9.84 Å². The Bertz CT molecular complexity index is 527. The van der Waals surface area contributed by atoms with Crippen LogP contribution in [-0.4, -0.2) is 32.6 Å². The van der Waals surface area contributed by atoms with E-state index >= 15 is 0 Å². The maximum absolute atomic E-state index is 12.2. The summed E-state index contributed by atoms with van der Waals surface area (Å²) in [6.45, 7) is 2.49. The second-order valence-corrected chi connectivity index (χ2v) is 7.27. The lowest BCUT2D eigenvalue weighted by molar-refractivity contribution is 0.272. The maximum Gasteiger partial charge on any atom is 0.152 e. The molecule has 1 aliphatic rings. The molecule has 0 radical (unpaired) electrons. The van der Waals surface area contributed by atoms with Gasteiger partial charge in [-0.05, 0) is 24.5 Å². The van der Waals surface area contributed by atoms with Gasteiger partial charge in [-0.15, -0.1) is 0 Å². The summed E-state index contributed by atoms with van der Waals surface area (Å²) < 4.78 is 29.9. The fraction of sp³-hybridized carbons (Fsp3) is 0.571. The lowest BCUT2D eigenvalue weighted by Gasteiger charge is -2.26. The van der Waals surface area contributed by atoms with Crippen LogP contribution in [0.1, 0.15) is 31.2 Å². The lowest BCUT2D eigenvalue weighted by atomic mass is 9.95. The molecule has 4 nitrogen and oxygen atoms in total. The average molecular weight is 283 g/mol. The predicted octanol–water partition coefficient (Wildman–Crippen LogP) is 1.70. The van der Waals surface area contributed by atoms with Crippen LogP contribution in [0, 0.1) is 0 Å². The molecule has 2 atom stereocenters. The van der Waals surface area contributed by atoms with Crippen LogP contribution in [0.15, 0.2) is 24.3 Å². The zero-order chi connectivity index (χ0) is 13.9. The molecule has 1 aromatic carbocycles. The Morgan fingerprint density at radius 1 is 1.42 bits per heavy atom. The highest BCUT2D eigenvalue weighted by Gasteiger charge is 2.27. The first kappa shape index (κ1) is 14.3. The summed E-state index contributed by atoms with van der Waals surface area (Å²) in [6.07, 6.45) is 1.43. The van der Waals surface area contributed by atoms with Crippen LogP contribution in [0.2, 0.25) is 0 Å². The highest BCUT2D eigenvalue weighted by molar-refractivity contribution is 7.91. The standard InChI is InChI=1S/C14H21NO3S/c1-2-12(15)10-19(16,17)9-11-7-8-18-14-6-4-3-5-13(11)14/h3-6,11-12H,2,7-10,15H2,1H3. The van der Waals surface area contributed by atoms with Crippen LogP contribution in [-0.2, 0) is 9.84 Å². The monoisotopic (exact) mass is 283 g/mol. The first-order valence-electron chi connectivity index (χ1n) is 6.69. The van der Waals surface area contributed by atoms with Crippen LogP contribution in [0.25, 0.3) is 0 Å². The number of benzene rings is 1. The fourth-order valence-corrected chi connectivity index (χ4v) is 4.39. The molecule has 0 saturated carbocycles. The van der Waals surface area contributed by atoms with E-state index in [-0.39, 0.29) is 23.5 Å². The van der Waals surface area contributed by atoms with Gasteiger partial charge >= 0.3 is 0 Å². The lowest BCUT2D eigenvalue weighted by Crippen LogP contribution is -2.32. The van der Waals surface area contributed by atoms with Gasteiger partial charge in [0.2, 0.25) is 0 Å². The number of hydrogen-bond donors (Lipinski definition) is 1. The van der Waals surface area contributed by atoms with E-state index in [4.69, 9.17) is 10.5 Å². The Morgan fingerprint density at radius 3 is 2.89 bits per heavy atom. The van der Waals surface area contributed by atoms with Crippen molar-refractivity contribution in [3.63, 3.8) is 0 Å². The minimum Gasteiger partial charge on any atom is -0.493 e. The molecule has 0 bridgehead atoms. The van der Waals surface area contributed by atoms with Crippen molar-refractivity contribution >= 4 is 9.84 Å². The van der Waals surface area contributed by atoms with E-state index in [1.165, 1.54) is 0 Å². The van der Waals surface area contributed by atoms with E-state index in [1.54, 1.807) is 0 Å². The SMILES string of the molecule is CCC(N)CS(=O)(=O)CC1CCOc2ccccc21. The number of fused-ring (bicyclic) bond motifs is 1. The van der Waals surface area contributed by atoms with Crippen LogP contribution in [0.4, 0.5) is 0 Å². The third-order valence-corrected chi connectivity index (χ3v) is 5.38. The molecule has 0 saturated heterocycles. The van der Waals surface area contributed by atoms with Crippen molar-refractivity contribution in [2.75, 3.05) is 18.1 Å². The molecule has 2 N–H and O–H groups in total. The van der Waals surface area contributed by atoms with Gasteiger partial charge in [-0.3, -0.25) is 0 Å². The predicted molar refractivity (Wildman–Crippen MR) is 76.2 cm³/mol. The maximum atomic E-state index is 12.2. The summed E-state index contributed by atoms with van der Waals surface area (Å²) in [5.41, 5.74) is 6.76. The third-order valence-electron chi connectivity index (χ3n) is 3.53. The molecular weight excluding hydrogens is 262 g/mol. The third kappa shape index (κ3) is 3.70. The largest absolute Gasteiger partial charge is 0.493 e. The molecule has 2 rings (SSSR count). The molecule has 1 heterocycles. The summed E-state index contributed by atoms with van der Waals surface area (Å²) in [6, 6.07) is 7.41. The van der Waals surface area contributed by atoms with Gasteiger partial charge in [0.25, 0.3) is 0 Å². The Labute approximate surface area is 114 Å². The van der Waals surface area contributed by atoms with Gasteiger partial charge in [-0.2, -0.15) is 0 Å². The van der Waals surface area contributed by atoms with Crippen molar-refractivity contribution in [2.24, 2.45) is 5.73 Å². The van der Waals surface area contributed by atoms with Crippen molar-refractivity contribution in [3.05, 3.63) is 29.8 Å². The van der Waals surface area contributed by atoms with E-state index in [0.717, 1.165) is 17.7 Å². The van der Waals surface area contributed by atoms with Crippen molar-refractivity contribution in [2.45, 2.75) is 31.7 Å².